The van der Waals surface area contributed by atoms with Gasteiger partial charge in [0, 0.05) is 11.6 Å². The van der Waals surface area contributed by atoms with Crippen molar-refractivity contribution in [3.05, 3.63) is 66.4 Å². The maximum atomic E-state index is 11.2. The number of carboxylic acid groups (broad SMARTS) is 1. The number of pyridine rings is 1. The van der Waals surface area contributed by atoms with Gasteiger partial charge in [0.15, 0.2) is 0 Å². The molecule has 3 nitrogen and oxygen atoms in total. The van der Waals surface area contributed by atoms with E-state index in [1.807, 2.05) is 42.5 Å². The van der Waals surface area contributed by atoms with Gasteiger partial charge in [0.1, 0.15) is 0 Å². The normalized spacial score (nSPS) is 10.5. The van der Waals surface area contributed by atoms with Crippen molar-refractivity contribution >= 4 is 16.9 Å². The zero-order chi connectivity index (χ0) is 13.2. The van der Waals surface area contributed by atoms with E-state index in [1.165, 1.54) is 0 Å². The van der Waals surface area contributed by atoms with Crippen LogP contribution >= 0.6 is 0 Å². The lowest BCUT2D eigenvalue weighted by molar-refractivity contribution is 0.0697. The molecule has 0 aliphatic rings. The Morgan fingerprint density at radius 2 is 1.84 bits per heavy atom. The van der Waals surface area contributed by atoms with Crippen LogP contribution in [-0.4, -0.2) is 16.1 Å². The van der Waals surface area contributed by atoms with E-state index in [0.717, 1.165) is 22.0 Å². The summed E-state index contributed by atoms with van der Waals surface area (Å²) >= 11 is 0. The van der Waals surface area contributed by atoms with Gasteiger partial charge in [-0.25, -0.2) is 4.79 Å². The van der Waals surface area contributed by atoms with E-state index in [0.29, 0.717) is 5.56 Å². The molecule has 19 heavy (non-hydrogen) atoms. The van der Waals surface area contributed by atoms with Gasteiger partial charge in [0.05, 0.1) is 11.1 Å². The summed E-state index contributed by atoms with van der Waals surface area (Å²) in [5, 5.41) is 10.2. The first-order valence-electron chi connectivity index (χ1n) is 5.93. The molecule has 0 aliphatic carbocycles. The fourth-order valence-electron chi connectivity index (χ4n) is 2.16. The molecule has 2 aromatic carbocycles. The Labute approximate surface area is 110 Å². The van der Waals surface area contributed by atoms with Crippen LogP contribution in [-0.2, 0) is 0 Å². The Morgan fingerprint density at radius 3 is 2.68 bits per heavy atom. The van der Waals surface area contributed by atoms with Gasteiger partial charge in [-0.2, -0.15) is 0 Å². The van der Waals surface area contributed by atoms with Crippen LogP contribution in [0.3, 0.4) is 0 Å². The van der Waals surface area contributed by atoms with Crippen molar-refractivity contribution in [3.8, 4) is 11.1 Å². The van der Waals surface area contributed by atoms with Gasteiger partial charge in [-0.15, -0.1) is 0 Å². The van der Waals surface area contributed by atoms with Crippen LogP contribution in [0, 0.1) is 0 Å². The zero-order valence-corrected chi connectivity index (χ0v) is 10.1. The largest absolute Gasteiger partial charge is 0.478 e. The van der Waals surface area contributed by atoms with E-state index in [2.05, 4.69) is 4.98 Å². The fraction of sp³-hybridized carbons (Fsp3) is 0. The summed E-state index contributed by atoms with van der Waals surface area (Å²) in [6, 6.07) is 16.6. The molecule has 92 valence electrons. The van der Waals surface area contributed by atoms with E-state index < -0.39 is 5.97 Å². The summed E-state index contributed by atoms with van der Waals surface area (Å²) in [6.07, 6.45) is 1.74. The maximum Gasteiger partial charge on any atom is 0.336 e. The summed E-state index contributed by atoms with van der Waals surface area (Å²) in [5.41, 5.74) is 2.82. The molecule has 0 aliphatic heterocycles. The van der Waals surface area contributed by atoms with Gasteiger partial charge in [0.2, 0.25) is 0 Å². The number of carboxylic acids is 1. The lowest BCUT2D eigenvalue weighted by atomic mass is 9.98. The molecule has 3 rings (SSSR count). The zero-order valence-electron chi connectivity index (χ0n) is 10.1. The van der Waals surface area contributed by atoms with E-state index in [9.17, 15) is 9.90 Å². The Hall–Kier alpha value is -2.68. The summed E-state index contributed by atoms with van der Waals surface area (Å²) in [5.74, 6) is -0.915. The summed E-state index contributed by atoms with van der Waals surface area (Å²) in [7, 11) is 0. The molecule has 1 N–H and O–H groups in total. The first kappa shape index (κ1) is 11.4. The second-order valence-corrected chi connectivity index (χ2v) is 4.26. The third kappa shape index (κ3) is 2.06. The van der Waals surface area contributed by atoms with Crippen LogP contribution < -0.4 is 0 Å². The van der Waals surface area contributed by atoms with Crippen molar-refractivity contribution in [2.45, 2.75) is 0 Å². The second-order valence-electron chi connectivity index (χ2n) is 4.26. The molecule has 0 amide bonds. The molecule has 0 atom stereocenters. The van der Waals surface area contributed by atoms with Gasteiger partial charge in [-0.3, -0.25) is 4.98 Å². The number of carbonyl (C=O) groups is 1. The van der Waals surface area contributed by atoms with E-state index >= 15 is 0 Å². The van der Waals surface area contributed by atoms with Gasteiger partial charge in [0.25, 0.3) is 0 Å². The molecule has 0 saturated carbocycles. The molecule has 0 saturated heterocycles. The van der Waals surface area contributed by atoms with Crippen molar-refractivity contribution in [2.75, 3.05) is 0 Å². The van der Waals surface area contributed by atoms with E-state index in [1.54, 1.807) is 18.3 Å². The fourth-order valence-corrected chi connectivity index (χ4v) is 2.16. The number of nitrogens with zero attached hydrogens (tertiary/aromatic N) is 1. The standard InChI is InChI=1S/C16H11NO2/c18-16(19)14-6-2-1-5-13(14)11-7-8-15-12(10-11)4-3-9-17-15/h1-10H,(H,18,19). The highest BCUT2D eigenvalue weighted by Gasteiger charge is 2.10. The molecule has 0 bridgehead atoms. The Morgan fingerprint density at radius 1 is 1.00 bits per heavy atom. The van der Waals surface area contributed by atoms with Crippen LogP contribution in [0.15, 0.2) is 60.8 Å². The van der Waals surface area contributed by atoms with Crippen molar-refractivity contribution in [2.24, 2.45) is 0 Å². The number of hydrogen-bond acceptors (Lipinski definition) is 2. The highest BCUT2D eigenvalue weighted by molar-refractivity contribution is 5.97. The molecule has 0 radical (unpaired) electrons. The first-order valence-corrected chi connectivity index (χ1v) is 5.93. The van der Waals surface area contributed by atoms with Crippen molar-refractivity contribution in [1.82, 2.24) is 4.98 Å². The molecule has 0 spiro atoms. The number of rotatable bonds is 2. The first-order chi connectivity index (χ1) is 9.25. The molecule has 0 fully saturated rings. The number of benzene rings is 2. The predicted molar refractivity (Wildman–Crippen MR) is 74.1 cm³/mol. The second kappa shape index (κ2) is 4.53. The molecule has 1 aromatic heterocycles. The number of aromatic carboxylic acids is 1. The van der Waals surface area contributed by atoms with Crippen LogP contribution in [0.4, 0.5) is 0 Å². The molecular weight excluding hydrogens is 238 g/mol. The molecule has 3 aromatic rings. The smallest absolute Gasteiger partial charge is 0.336 e. The SMILES string of the molecule is O=C(O)c1ccccc1-c1ccc2ncccc2c1. The van der Waals surface area contributed by atoms with E-state index in [-0.39, 0.29) is 0 Å². The lowest BCUT2D eigenvalue weighted by Crippen LogP contribution is -1.98. The predicted octanol–water partition coefficient (Wildman–Crippen LogP) is 3.60. The Balaban J connectivity index is 2.22. The highest BCUT2D eigenvalue weighted by Crippen LogP contribution is 2.26. The average molecular weight is 249 g/mol. The monoisotopic (exact) mass is 249 g/mol. The molecular formula is C16H11NO2. The third-order valence-electron chi connectivity index (χ3n) is 3.07. The maximum absolute atomic E-state index is 11.2. The number of hydrogen-bond donors (Lipinski definition) is 1. The van der Waals surface area contributed by atoms with Crippen LogP contribution in [0.1, 0.15) is 10.4 Å². The molecule has 1 heterocycles. The van der Waals surface area contributed by atoms with Gasteiger partial charge >= 0.3 is 5.97 Å². The third-order valence-corrected chi connectivity index (χ3v) is 3.07. The lowest BCUT2D eigenvalue weighted by Gasteiger charge is -2.07. The minimum Gasteiger partial charge on any atom is -0.478 e. The van der Waals surface area contributed by atoms with Gasteiger partial charge in [-0.05, 0) is 35.4 Å². The van der Waals surface area contributed by atoms with Gasteiger partial charge in [-0.1, -0.05) is 30.3 Å². The quantitative estimate of drug-likeness (QED) is 0.754. The van der Waals surface area contributed by atoms with Crippen LogP contribution in [0.2, 0.25) is 0 Å². The molecule has 0 unspecified atom stereocenters. The minimum absolute atomic E-state index is 0.311. The van der Waals surface area contributed by atoms with Crippen molar-refractivity contribution in [3.63, 3.8) is 0 Å². The van der Waals surface area contributed by atoms with Crippen LogP contribution in [0.25, 0.3) is 22.0 Å². The average Bonchev–Trinajstić information content (AvgIpc) is 2.46. The highest BCUT2D eigenvalue weighted by atomic mass is 16.4. The summed E-state index contributed by atoms with van der Waals surface area (Å²) in [6.45, 7) is 0. The molecule has 3 heteroatoms. The van der Waals surface area contributed by atoms with E-state index in [4.69, 9.17) is 0 Å². The summed E-state index contributed by atoms with van der Waals surface area (Å²) in [4.78, 5) is 15.5. The summed E-state index contributed by atoms with van der Waals surface area (Å²) < 4.78 is 0. The van der Waals surface area contributed by atoms with Crippen LogP contribution in [0.5, 0.6) is 0 Å². The minimum atomic E-state index is -0.915. The number of aromatic nitrogens is 1. The Kier molecular flexibility index (Phi) is 2.72. The van der Waals surface area contributed by atoms with Gasteiger partial charge < -0.3 is 5.11 Å². The topological polar surface area (TPSA) is 50.2 Å². The van der Waals surface area contributed by atoms with Crippen molar-refractivity contribution < 1.29 is 9.90 Å². The van der Waals surface area contributed by atoms with Crippen molar-refractivity contribution in [1.29, 1.82) is 0 Å². The number of fused-ring (bicyclic) bond motifs is 1. The Bertz CT molecular complexity index is 765.